The smallest absolute Gasteiger partial charge is 0.234 e. The number of allylic oxidation sites excluding steroid dienone is 1. The molecule has 1 aliphatic carbocycles. The number of methoxy groups -OCH3 is 1. The largest absolute Gasteiger partial charge is 0.507 e. The number of aliphatic hydroxyl groups is 2. The zero-order chi connectivity index (χ0) is 32.1. The van der Waals surface area contributed by atoms with Crippen LogP contribution < -0.4 is 0 Å². The Bertz CT molecular complexity index is 1420. The Hall–Kier alpha value is -2.82. The van der Waals surface area contributed by atoms with Crippen molar-refractivity contribution in [2.75, 3.05) is 33.4 Å². The fourth-order valence-electron chi connectivity index (χ4n) is 7.52. The molecule has 2 heterocycles. The van der Waals surface area contributed by atoms with Gasteiger partial charge in [-0.2, -0.15) is 0 Å². The van der Waals surface area contributed by atoms with E-state index in [1.165, 1.54) is 10.5 Å². The van der Waals surface area contributed by atoms with Gasteiger partial charge in [0, 0.05) is 48.7 Å². The van der Waals surface area contributed by atoms with E-state index in [-0.39, 0.29) is 36.8 Å². The zero-order valence-corrected chi connectivity index (χ0v) is 27.8. The molecule has 242 valence electrons. The molecule has 0 bridgehead atoms. The molecular weight excluding hydrogens is 636 g/mol. The van der Waals surface area contributed by atoms with Crippen molar-refractivity contribution in [2.45, 2.75) is 64.1 Å². The minimum Gasteiger partial charge on any atom is -0.507 e. The van der Waals surface area contributed by atoms with Crippen LogP contribution in [0.2, 0.25) is 0 Å². The summed E-state index contributed by atoms with van der Waals surface area (Å²) in [5, 5.41) is 32.6. The molecule has 3 aliphatic rings. The van der Waals surface area contributed by atoms with Gasteiger partial charge in [-0.05, 0) is 73.4 Å². The van der Waals surface area contributed by atoms with Gasteiger partial charge in [0.1, 0.15) is 5.75 Å². The van der Waals surface area contributed by atoms with E-state index in [1.807, 2.05) is 37.3 Å². The molecular formula is C36H45BrN2O6. The van der Waals surface area contributed by atoms with E-state index in [0.29, 0.717) is 30.4 Å². The lowest BCUT2D eigenvalue weighted by atomic mass is 9.68. The van der Waals surface area contributed by atoms with Crippen LogP contribution in [0.3, 0.4) is 0 Å². The van der Waals surface area contributed by atoms with Crippen molar-refractivity contribution in [3.8, 4) is 5.75 Å². The number of fused-ring (bicyclic) bond motifs is 1. The van der Waals surface area contributed by atoms with Crippen LogP contribution in [0.4, 0.5) is 0 Å². The Labute approximate surface area is 274 Å². The molecule has 2 amide bonds. The molecule has 0 spiro atoms. The number of phenolic OH excluding ortho intramolecular Hbond substituents is 1. The Morgan fingerprint density at radius 1 is 1.11 bits per heavy atom. The van der Waals surface area contributed by atoms with Gasteiger partial charge >= 0.3 is 0 Å². The second-order valence-electron chi connectivity index (χ2n) is 12.6. The number of ether oxygens (including phenoxy) is 1. The predicted molar refractivity (Wildman–Crippen MR) is 177 cm³/mol. The summed E-state index contributed by atoms with van der Waals surface area (Å²) in [4.78, 5) is 31.7. The van der Waals surface area contributed by atoms with Crippen LogP contribution in [-0.4, -0.2) is 82.5 Å². The first-order chi connectivity index (χ1) is 21.7. The van der Waals surface area contributed by atoms with Crippen molar-refractivity contribution in [3.63, 3.8) is 0 Å². The maximum absolute atomic E-state index is 14.0. The molecule has 0 radical (unpaired) electrons. The van der Waals surface area contributed by atoms with E-state index >= 15 is 0 Å². The van der Waals surface area contributed by atoms with Crippen LogP contribution in [0.15, 0.2) is 69.7 Å². The van der Waals surface area contributed by atoms with E-state index in [1.54, 1.807) is 19.2 Å². The molecule has 45 heavy (non-hydrogen) atoms. The number of benzene rings is 2. The molecule has 9 heteroatoms. The van der Waals surface area contributed by atoms with Crippen molar-refractivity contribution >= 4 is 33.8 Å². The molecule has 0 aromatic heterocycles. The summed E-state index contributed by atoms with van der Waals surface area (Å²) < 4.78 is 6.37. The number of aromatic hydroxyl groups is 1. The molecule has 2 aromatic rings. The summed E-state index contributed by atoms with van der Waals surface area (Å²) in [7, 11) is 1.58. The topological polar surface area (TPSA) is 111 Å². The van der Waals surface area contributed by atoms with Crippen LogP contribution in [-0.2, 0) is 20.9 Å². The van der Waals surface area contributed by atoms with Crippen molar-refractivity contribution in [3.05, 3.63) is 80.8 Å². The van der Waals surface area contributed by atoms with E-state index < -0.39 is 23.9 Å². The lowest BCUT2D eigenvalue weighted by Gasteiger charge is -2.37. The number of hydrogen-bond donors (Lipinski definition) is 3. The maximum atomic E-state index is 14.0. The number of amides is 2. The number of carbonyl (C=O) groups is 2. The van der Waals surface area contributed by atoms with Gasteiger partial charge in [0.2, 0.25) is 11.8 Å². The molecule has 2 fully saturated rings. The normalized spacial score (nSPS) is 24.0. The lowest BCUT2D eigenvalue weighted by Crippen LogP contribution is -2.47. The van der Waals surface area contributed by atoms with Crippen LogP contribution >= 0.6 is 15.9 Å². The highest BCUT2D eigenvalue weighted by atomic mass is 79.9. The number of rotatable bonds is 12. The fourth-order valence-corrected chi connectivity index (χ4v) is 7.90. The molecule has 5 rings (SSSR count). The summed E-state index contributed by atoms with van der Waals surface area (Å²) >= 11 is 3.45. The number of piperidine rings is 1. The molecule has 2 saturated heterocycles. The Kier molecular flexibility index (Phi) is 11.3. The van der Waals surface area contributed by atoms with Gasteiger partial charge in [0.25, 0.3) is 0 Å². The lowest BCUT2D eigenvalue weighted by molar-refractivity contribution is -0.144. The highest BCUT2D eigenvalue weighted by Gasteiger charge is 2.56. The number of hydrogen-bond acceptors (Lipinski definition) is 7. The monoisotopic (exact) mass is 680 g/mol. The van der Waals surface area contributed by atoms with Gasteiger partial charge in [0.05, 0.1) is 31.2 Å². The Balaban J connectivity index is 1.30. The first-order valence-corrected chi connectivity index (χ1v) is 16.9. The standard InChI is InChI=1S/C36H45BrN2O6/c1-3-23(17-25-18-27(37)10-12-31(25)41)9-11-32(42)33-26(22-45-2)19-29-34(30(33)21-40)36(44)39(35(29)43)28-13-15-38(16-14-28)20-24-7-5-4-6-8-24/h4-8,10,12,17-18,28-30,32,34,40-42H,3,9,11,13-16,19-22H2,1-2H3/b23-17+/t29-,30+,32-,34-/m1/s1. The number of likely N-dealkylation sites (tertiary alicyclic amines) is 2. The second-order valence-corrected chi connectivity index (χ2v) is 13.5. The number of aliphatic hydroxyl groups excluding tert-OH is 2. The highest BCUT2D eigenvalue weighted by Crippen LogP contribution is 2.47. The molecule has 0 unspecified atom stereocenters. The van der Waals surface area contributed by atoms with E-state index in [9.17, 15) is 24.9 Å². The van der Waals surface area contributed by atoms with E-state index in [2.05, 4.69) is 33.0 Å². The third kappa shape index (κ3) is 7.44. The van der Waals surface area contributed by atoms with Crippen LogP contribution in [0.5, 0.6) is 5.75 Å². The molecule has 2 aliphatic heterocycles. The highest BCUT2D eigenvalue weighted by molar-refractivity contribution is 9.10. The maximum Gasteiger partial charge on any atom is 0.234 e. The minimum absolute atomic E-state index is 0.155. The number of halogens is 1. The van der Waals surface area contributed by atoms with Gasteiger partial charge in [-0.25, -0.2) is 0 Å². The summed E-state index contributed by atoms with van der Waals surface area (Å²) in [6, 6.07) is 15.4. The number of phenols is 1. The van der Waals surface area contributed by atoms with Gasteiger partial charge in [-0.3, -0.25) is 19.4 Å². The molecule has 3 N–H and O–H groups in total. The number of nitrogens with zero attached hydrogens (tertiary/aromatic N) is 2. The molecule has 2 aromatic carbocycles. The predicted octanol–water partition coefficient (Wildman–Crippen LogP) is 5.31. The van der Waals surface area contributed by atoms with Crippen molar-refractivity contribution in [2.24, 2.45) is 17.8 Å². The van der Waals surface area contributed by atoms with Gasteiger partial charge < -0.3 is 20.1 Å². The van der Waals surface area contributed by atoms with Crippen molar-refractivity contribution < 1.29 is 29.6 Å². The third-order valence-electron chi connectivity index (χ3n) is 9.81. The summed E-state index contributed by atoms with van der Waals surface area (Å²) in [6.45, 7) is 4.39. The molecule has 8 nitrogen and oxygen atoms in total. The summed E-state index contributed by atoms with van der Waals surface area (Å²) in [6.07, 6.45) is 4.52. The molecule has 0 saturated carbocycles. The van der Waals surface area contributed by atoms with Crippen molar-refractivity contribution in [1.82, 2.24) is 9.80 Å². The van der Waals surface area contributed by atoms with E-state index in [0.717, 1.165) is 54.5 Å². The summed E-state index contributed by atoms with van der Waals surface area (Å²) in [5.41, 5.74) is 4.45. The summed E-state index contributed by atoms with van der Waals surface area (Å²) in [5.74, 6) is -2.07. The van der Waals surface area contributed by atoms with E-state index in [4.69, 9.17) is 4.74 Å². The average Bonchev–Trinajstić information content (AvgIpc) is 3.29. The van der Waals surface area contributed by atoms with Crippen LogP contribution in [0.1, 0.15) is 56.6 Å². The van der Waals surface area contributed by atoms with Crippen LogP contribution in [0, 0.1) is 17.8 Å². The quantitative estimate of drug-likeness (QED) is 0.206. The van der Waals surface area contributed by atoms with Gasteiger partial charge in [0.15, 0.2) is 0 Å². The fraction of sp³-hybridized carbons (Fsp3) is 0.500. The minimum atomic E-state index is -0.905. The second kappa shape index (κ2) is 15.2. The number of imide groups is 1. The first kappa shape index (κ1) is 33.5. The SMILES string of the molecule is CC/C(=C\c1cc(Br)ccc1O)CC[C@@H](O)C1=C(COC)C[C@H]2C(=O)N(C3CCN(Cc4ccccc4)CC3)C(=O)[C@H]2[C@H]1CO. The van der Waals surface area contributed by atoms with Crippen molar-refractivity contribution in [1.29, 1.82) is 0 Å². The zero-order valence-electron chi connectivity index (χ0n) is 26.2. The van der Waals surface area contributed by atoms with Crippen LogP contribution in [0.25, 0.3) is 6.08 Å². The third-order valence-corrected chi connectivity index (χ3v) is 10.3. The Morgan fingerprint density at radius 3 is 2.51 bits per heavy atom. The number of carbonyl (C=O) groups excluding carboxylic acids is 2. The van der Waals surface area contributed by atoms with Gasteiger partial charge in [-0.1, -0.05) is 64.8 Å². The average molecular weight is 682 g/mol. The first-order valence-electron chi connectivity index (χ1n) is 16.1. The van der Waals surface area contributed by atoms with Gasteiger partial charge in [-0.15, -0.1) is 0 Å². The Morgan fingerprint density at radius 2 is 1.84 bits per heavy atom. The molecule has 4 atom stereocenters.